The van der Waals surface area contributed by atoms with E-state index in [4.69, 9.17) is 17.2 Å². The maximum absolute atomic E-state index is 14.2. The number of carbonyl (C=O) groups is 5. The van der Waals surface area contributed by atoms with Gasteiger partial charge in [-0.15, -0.1) is 0 Å². The molecule has 5 atom stereocenters. The van der Waals surface area contributed by atoms with E-state index in [1.807, 2.05) is 72.8 Å². The van der Waals surface area contributed by atoms with Crippen LogP contribution in [0.15, 0.2) is 85.3 Å². The van der Waals surface area contributed by atoms with Crippen LogP contribution in [-0.2, 0) is 43.2 Å². The molecular formula is C37H47N9O5. The van der Waals surface area contributed by atoms with Gasteiger partial charge >= 0.3 is 0 Å². The maximum atomic E-state index is 14.2. The lowest BCUT2D eigenvalue weighted by atomic mass is 9.99. The quantitative estimate of drug-likeness (QED) is 0.0640. The highest BCUT2D eigenvalue weighted by Crippen LogP contribution is 2.17. The van der Waals surface area contributed by atoms with Crippen molar-refractivity contribution in [3.8, 4) is 0 Å². The summed E-state index contributed by atoms with van der Waals surface area (Å²) < 4.78 is 0. The molecule has 0 spiro atoms. The molecule has 14 heteroatoms. The van der Waals surface area contributed by atoms with Crippen LogP contribution in [0.4, 0.5) is 0 Å². The van der Waals surface area contributed by atoms with Crippen molar-refractivity contribution in [2.24, 2.45) is 17.2 Å². The molecule has 0 aliphatic carbocycles. The van der Waals surface area contributed by atoms with Gasteiger partial charge < -0.3 is 43.5 Å². The summed E-state index contributed by atoms with van der Waals surface area (Å²) in [4.78, 5) is 73.6. The number of hydrogen-bond donors (Lipinski definition) is 8. The van der Waals surface area contributed by atoms with Gasteiger partial charge in [-0.25, -0.2) is 4.98 Å². The summed E-state index contributed by atoms with van der Waals surface area (Å²) in [6, 6.07) is 17.2. The van der Waals surface area contributed by atoms with Crippen molar-refractivity contribution < 1.29 is 24.0 Å². The molecule has 0 saturated heterocycles. The van der Waals surface area contributed by atoms with Crippen LogP contribution in [0.25, 0.3) is 10.8 Å². The van der Waals surface area contributed by atoms with Gasteiger partial charge in [-0.1, -0.05) is 72.8 Å². The lowest BCUT2D eigenvalue weighted by Crippen LogP contribution is -2.59. The first-order valence-corrected chi connectivity index (χ1v) is 17.0. The summed E-state index contributed by atoms with van der Waals surface area (Å²) in [6.45, 7) is 1.92. The summed E-state index contributed by atoms with van der Waals surface area (Å²) in [7, 11) is 0. The minimum Gasteiger partial charge on any atom is -0.368 e. The molecule has 0 radical (unpaired) electrons. The van der Waals surface area contributed by atoms with Crippen molar-refractivity contribution in [3.63, 3.8) is 0 Å². The van der Waals surface area contributed by atoms with E-state index in [2.05, 4.69) is 31.2 Å². The standard InChI is InChI=1S/C37H47N9O5/c1-23(39)34(48)44-32(20-28-21-41-22-42-28)37(51)46-31(19-25-14-15-26-11-5-6-12-27(26)17-25)36(50)45-30(18-24-9-3-2-4-10-24)35(49)43-29(33(40)47)13-7-8-16-38/h2-6,9-12,14-15,17,21-23,29-32H,7-8,13,16,18-20,38-39H2,1H3,(H2,40,47)(H,41,42)(H,43,49)(H,44,48)(H,45,50)(H,46,51)/t23-,29-,30+,31+,32-/m0/s1. The molecule has 0 unspecified atom stereocenters. The average Bonchev–Trinajstić information content (AvgIpc) is 3.63. The molecule has 1 heterocycles. The van der Waals surface area contributed by atoms with Gasteiger partial charge in [0, 0.05) is 31.2 Å². The minimum absolute atomic E-state index is 0.0479. The topological polar surface area (TPSA) is 240 Å². The number of primary amides is 1. The van der Waals surface area contributed by atoms with E-state index in [-0.39, 0.29) is 25.7 Å². The van der Waals surface area contributed by atoms with Crippen molar-refractivity contribution in [2.45, 2.75) is 75.7 Å². The molecule has 0 fully saturated rings. The fourth-order valence-electron chi connectivity index (χ4n) is 5.59. The number of imidazole rings is 1. The third kappa shape index (κ3) is 11.8. The number of fused-ring (bicyclic) bond motifs is 1. The number of aromatic amines is 1. The number of nitrogens with one attached hydrogen (secondary N) is 5. The van der Waals surface area contributed by atoms with Gasteiger partial charge in [0.25, 0.3) is 0 Å². The predicted octanol–water partition coefficient (Wildman–Crippen LogP) is 0.492. The van der Waals surface area contributed by atoms with Crippen molar-refractivity contribution >= 4 is 40.3 Å². The third-order valence-corrected chi connectivity index (χ3v) is 8.43. The fourth-order valence-corrected chi connectivity index (χ4v) is 5.59. The van der Waals surface area contributed by atoms with E-state index < -0.39 is 59.7 Å². The van der Waals surface area contributed by atoms with Crippen LogP contribution in [0.5, 0.6) is 0 Å². The number of aromatic nitrogens is 2. The Labute approximate surface area is 296 Å². The van der Waals surface area contributed by atoms with Gasteiger partial charge in [-0.2, -0.15) is 0 Å². The van der Waals surface area contributed by atoms with Gasteiger partial charge in [0.2, 0.25) is 29.5 Å². The molecule has 0 saturated carbocycles. The van der Waals surface area contributed by atoms with Crippen molar-refractivity contribution in [1.29, 1.82) is 0 Å². The smallest absolute Gasteiger partial charge is 0.243 e. The summed E-state index contributed by atoms with van der Waals surface area (Å²) in [5, 5.41) is 12.9. The van der Waals surface area contributed by atoms with Crippen LogP contribution in [0, 0.1) is 0 Å². The second-order valence-corrected chi connectivity index (χ2v) is 12.6. The SMILES string of the molecule is C[C@H](N)C(=O)N[C@@H](Cc1cnc[nH]1)C(=O)N[C@H](Cc1ccc2ccccc2c1)C(=O)N[C@H](Cc1ccccc1)C(=O)N[C@@H](CCCCN)C(N)=O. The zero-order valence-electron chi connectivity index (χ0n) is 28.6. The molecule has 4 rings (SSSR count). The Balaban J connectivity index is 1.63. The Hall–Kier alpha value is -5.60. The first-order chi connectivity index (χ1) is 24.5. The summed E-state index contributed by atoms with van der Waals surface area (Å²) >= 11 is 0. The van der Waals surface area contributed by atoms with Gasteiger partial charge in [0.1, 0.15) is 24.2 Å². The van der Waals surface area contributed by atoms with Crippen LogP contribution < -0.4 is 38.5 Å². The van der Waals surface area contributed by atoms with E-state index in [1.54, 1.807) is 0 Å². The minimum atomic E-state index is -1.18. The lowest BCUT2D eigenvalue weighted by Gasteiger charge is -2.27. The van der Waals surface area contributed by atoms with E-state index >= 15 is 0 Å². The molecule has 4 aromatic rings. The molecule has 0 bridgehead atoms. The van der Waals surface area contributed by atoms with E-state index in [0.717, 1.165) is 21.9 Å². The number of H-pyrrole nitrogens is 1. The Kier molecular flexibility index (Phi) is 14.2. The number of carbonyl (C=O) groups excluding carboxylic acids is 5. The van der Waals surface area contributed by atoms with Gasteiger partial charge in [-0.05, 0) is 54.6 Å². The first-order valence-electron chi connectivity index (χ1n) is 17.0. The lowest BCUT2D eigenvalue weighted by molar-refractivity contribution is -0.134. The summed E-state index contributed by atoms with van der Waals surface area (Å²) in [5.41, 5.74) is 19.1. The average molecular weight is 698 g/mol. The molecule has 3 aromatic carbocycles. The molecule has 51 heavy (non-hydrogen) atoms. The summed E-state index contributed by atoms with van der Waals surface area (Å²) in [6.07, 6.45) is 4.68. The molecule has 0 aliphatic rings. The molecule has 0 aliphatic heterocycles. The van der Waals surface area contributed by atoms with Crippen LogP contribution in [0.1, 0.15) is 43.0 Å². The zero-order chi connectivity index (χ0) is 36.8. The van der Waals surface area contributed by atoms with Gasteiger partial charge in [-0.3, -0.25) is 24.0 Å². The number of amides is 5. The second-order valence-electron chi connectivity index (χ2n) is 12.6. The number of nitrogens with zero attached hydrogens (tertiary/aromatic N) is 1. The first kappa shape index (κ1) is 38.2. The Morgan fingerprint density at radius 2 is 1.25 bits per heavy atom. The predicted molar refractivity (Wildman–Crippen MR) is 194 cm³/mol. The number of unbranched alkanes of at least 4 members (excludes halogenated alkanes) is 1. The zero-order valence-corrected chi connectivity index (χ0v) is 28.6. The molecule has 14 nitrogen and oxygen atoms in total. The number of nitrogens with two attached hydrogens (primary N) is 3. The molecule has 270 valence electrons. The van der Waals surface area contributed by atoms with Crippen LogP contribution in [-0.4, -0.2) is 76.3 Å². The summed E-state index contributed by atoms with van der Waals surface area (Å²) in [5.74, 6) is -3.16. The fraction of sp³-hybridized carbons (Fsp3) is 0.351. The highest BCUT2D eigenvalue weighted by Gasteiger charge is 2.32. The Bertz CT molecular complexity index is 1760. The molecular weight excluding hydrogens is 650 g/mol. The maximum Gasteiger partial charge on any atom is 0.243 e. The second kappa shape index (κ2) is 19.0. The monoisotopic (exact) mass is 697 g/mol. The highest BCUT2D eigenvalue weighted by atomic mass is 16.2. The van der Waals surface area contributed by atoms with Crippen molar-refractivity contribution in [2.75, 3.05) is 6.54 Å². The van der Waals surface area contributed by atoms with E-state index in [9.17, 15) is 24.0 Å². The number of benzene rings is 3. The number of hydrogen-bond acceptors (Lipinski definition) is 8. The number of rotatable bonds is 19. The van der Waals surface area contributed by atoms with E-state index in [1.165, 1.54) is 19.4 Å². The Morgan fingerprint density at radius 3 is 1.84 bits per heavy atom. The highest BCUT2D eigenvalue weighted by molar-refractivity contribution is 5.96. The Morgan fingerprint density at radius 1 is 0.686 bits per heavy atom. The normalized spacial score (nSPS) is 14.0. The van der Waals surface area contributed by atoms with Crippen LogP contribution in [0.3, 0.4) is 0 Å². The van der Waals surface area contributed by atoms with Crippen molar-refractivity contribution in [1.82, 2.24) is 31.2 Å². The molecule has 11 N–H and O–H groups in total. The van der Waals surface area contributed by atoms with Crippen LogP contribution >= 0.6 is 0 Å². The van der Waals surface area contributed by atoms with Gasteiger partial charge in [0.05, 0.1) is 12.4 Å². The molecule has 5 amide bonds. The largest absolute Gasteiger partial charge is 0.368 e. The third-order valence-electron chi connectivity index (χ3n) is 8.43. The van der Waals surface area contributed by atoms with E-state index in [0.29, 0.717) is 25.1 Å². The van der Waals surface area contributed by atoms with Gasteiger partial charge in [0.15, 0.2) is 0 Å². The van der Waals surface area contributed by atoms with Crippen LogP contribution in [0.2, 0.25) is 0 Å². The molecule has 1 aromatic heterocycles. The van der Waals surface area contributed by atoms with Crippen molar-refractivity contribution in [3.05, 3.63) is 102 Å².